The second-order valence-electron chi connectivity index (χ2n) is 5.69. The molecule has 0 aliphatic rings. The van der Waals surface area contributed by atoms with Crippen LogP contribution in [0, 0.1) is 0 Å². The molecule has 1 N–H and O–H groups in total. The fraction of sp³-hybridized carbons (Fsp3) is 0.600. The highest BCUT2D eigenvalue weighted by Crippen LogP contribution is 2.35. The summed E-state index contributed by atoms with van der Waals surface area (Å²) in [7, 11) is 0. The zero-order valence-electron chi connectivity index (χ0n) is 12.1. The highest BCUT2D eigenvalue weighted by Gasteiger charge is 2.12. The van der Waals surface area contributed by atoms with Crippen LogP contribution in [0.2, 0.25) is 0 Å². The third-order valence-electron chi connectivity index (χ3n) is 2.63. The lowest BCUT2D eigenvalue weighted by Gasteiger charge is -2.21. The Hall–Kier alpha value is -0.0600. The molecule has 0 radical (unpaired) electrons. The van der Waals surface area contributed by atoms with E-state index < -0.39 is 0 Å². The van der Waals surface area contributed by atoms with Crippen molar-refractivity contribution in [2.24, 2.45) is 0 Å². The van der Waals surface area contributed by atoms with Crippen LogP contribution in [-0.4, -0.2) is 12.1 Å². The van der Waals surface area contributed by atoms with Crippen LogP contribution in [0.25, 0.3) is 0 Å². The van der Waals surface area contributed by atoms with E-state index >= 15 is 0 Å². The van der Waals surface area contributed by atoms with Gasteiger partial charge in [-0.15, -0.1) is 0 Å². The first kappa shape index (κ1) is 17.0. The molecule has 0 atom stereocenters. The molecule has 0 unspecified atom stereocenters. The van der Waals surface area contributed by atoms with E-state index in [9.17, 15) is 0 Å². The molecule has 0 bridgehead atoms. The summed E-state index contributed by atoms with van der Waals surface area (Å²) in [5.41, 5.74) is 1.35. The molecule has 0 saturated heterocycles. The molecule has 1 aromatic rings. The Kier molecular flexibility index (Phi) is 6.84. The van der Waals surface area contributed by atoms with Gasteiger partial charge in [-0.3, -0.25) is 0 Å². The van der Waals surface area contributed by atoms with Gasteiger partial charge in [0.25, 0.3) is 0 Å². The summed E-state index contributed by atoms with van der Waals surface area (Å²) in [5, 5.41) is 3.48. The summed E-state index contributed by atoms with van der Waals surface area (Å²) in [6.45, 7) is 10.3. The van der Waals surface area contributed by atoms with Gasteiger partial charge in [-0.2, -0.15) is 0 Å². The molecule has 19 heavy (non-hydrogen) atoms. The number of hydrogen-bond donors (Lipinski definition) is 1. The van der Waals surface area contributed by atoms with Gasteiger partial charge in [0.15, 0.2) is 0 Å². The van der Waals surface area contributed by atoms with Gasteiger partial charge in [-0.25, -0.2) is 0 Å². The number of rotatable bonds is 6. The van der Waals surface area contributed by atoms with E-state index in [1.165, 1.54) is 5.56 Å². The van der Waals surface area contributed by atoms with Crippen LogP contribution < -0.4 is 10.1 Å². The number of halogens is 2. The van der Waals surface area contributed by atoms with Gasteiger partial charge in [0, 0.05) is 12.1 Å². The number of nitrogens with one attached hydrogen (secondary N) is 1. The van der Waals surface area contributed by atoms with E-state index in [4.69, 9.17) is 4.74 Å². The Morgan fingerprint density at radius 2 is 1.74 bits per heavy atom. The average Bonchev–Trinajstić information content (AvgIpc) is 2.29. The van der Waals surface area contributed by atoms with Crippen molar-refractivity contribution in [1.82, 2.24) is 5.32 Å². The first-order valence-electron chi connectivity index (χ1n) is 6.69. The summed E-state index contributed by atoms with van der Waals surface area (Å²) in [6, 6.07) is 4.23. The maximum Gasteiger partial charge on any atom is 0.147 e. The molecule has 0 aliphatic carbocycles. The topological polar surface area (TPSA) is 21.3 Å². The quantitative estimate of drug-likeness (QED) is 0.665. The largest absolute Gasteiger partial charge is 0.491 e. The van der Waals surface area contributed by atoms with Crippen LogP contribution in [0.4, 0.5) is 0 Å². The lowest BCUT2D eigenvalue weighted by Crippen LogP contribution is -2.35. The normalized spacial score (nSPS) is 11.7. The van der Waals surface area contributed by atoms with Gasteiger partial charge < -0.3 is 10.1 Å². The van der Waals surface area contributed by atoms with Crippen molar-refractivity contribution in [1.29, 1.82) is 0 Å². The van der Waals surface area contributed by atoms with Gasteiger partial charge in [-0.1, -0.05) is 13.3 Å². The maximum absolute atomic E-state index is 5.79. The van der Waals surface area contributed by atoms with Crippen LogP contribution >= 0.6 is 31.9 Å². The SMILES string of the molecule is CCCCOc1c(Br)cc(CNC(C)(C)C)cc1Br. The number of hydrogen-bond acceptors (Lipinski definition) is 2. The van der Waals surface area contributed by atoms with Crippen molar-refractivity contribution in [3.05, 3.63) is 26.6 Å². The first-order chi connectivity index (χ1) is 8.83. The predicted molar refractivity (Wildman–Crippen MR) is 88.8 cm³/mol. The van der Waals surface area contributed by atoms with Gasteiger partial charge in [0.1, 0.15) is 5.75 Å². The number of ether oxygens (including phenoxy) is 1. The maximum atomic E-state index is 5.79. The molecule has 0 saturated carbocycles. The summed E-state index contributed by atoms with van der Waals surface area (Å²) in [5.74, 6) is 0.896. The third-order valence-corrected chi connectivity index (χ3v) is 3.80. The molecular formula is C15H23Br2NO. The van der Waals surface area contributed by atoms with Crippen LogP contribution in [0.5, 0.6) is 5.75 Å². The van der Waals surface area contributed by atoms with Crippen molar-refractivity contribution in [3.8, 4) is 5.75 Å². The second-order valence-corrected chi connectivity index (χ2v) is 7.40. The summed E-state index contributed by atoms with van der Waals surface area (Å²) in [6.07, 6.45) is 2.22. The summed E-state index contributed by atoms with van der Waals surface area (Å²) >= 11 is 7.18. The van der Waals surface area contributed by atoms with E-state index in [1.54, 1.807) is 0 Å². The lowest BCUT2D eigenvalue weighted by atomic mass is 10.1. The minimum Gasteiger partial charge on any atom is -0.491 e. The Labute approximate surface area is 133 Å². The van der Waals surface area contributed by atoms with Gasteiger partial charge >= 0.3 is 0 Å². The van der Waals surface area contributed by atoms with Gasteiger partial charge in [0.2, 0.25) is 0 Å². The molecule has 0 aromatic heterocycles. The summed E-state index contributed by atoms with van der Waals surface area (Å²) < 4.78 is 7.80. The average molecular weight is 393 g/mol. The Balaban J connectivity index is 2.73. The van der Waals surface area contributed by atoms with E-state index in [0.717, 1.165) is 40.7 Å². The molecule has 0 aliphatic heterocycles. The molecule has 0 amide bonds. The minimum atomic E-state index is 0.120. The van der Waals surface area contributed by atoms with Crippen molar-refractivity contribution in [2.45, 2.75) is 52.6 Å². The zero-order valence-corrected chi connectivity index (χ0v) is 15.3. The standard InChI is InChI=1S/C15H23Br2NO/c1-5-6-7-19-14-12(16)8-11(9-13(14)17)10-18-15(2,3)4/h8-9,18H,5-7,10H2,1-4H3. The molecule has 1 aromatic carbocycles. The van der Waals surface area contributed by atoms with E-state index in [-0.39, 0.29) is 5.54 Å². The van der Waals surface area contributed by atoms with Crippen molar-refractivity contribution in [2.75, 3.05) is 6.61 Å². The summed E-state index contributed by atoms with van der Waals surface area (Å²) in [4.78, 5) is 0. The van der Waals surface area contributed by atoms with Crippen LogP contribution in [0.3, 0.4) is 0 Å². The van der Waals surface area contributed by atoms with E-state index in [0.29, 0.717) is 0 Å². The highest BCUT2D eigenvalue weighted by molar-refractivity contribution is 9.11. The monoisotopic (exact) mass is 391 g/mol. The Morgan fingerprint density at radius 1 is 1.16 bits per heavy atom. The Bertz CT molecular complexity index is 390. The molecule has 108 valence electrons. The minimum absolute atomic E-state index is 0.120. The smallest absolute Gasteiger partial charge is 0.147 e. The predicted octanol–water partition coefficient (Wildman–Crippen LogP) is 5.28. The van der Waals surface area contributed by atoms with Crippen LogP contribution in [0.1, 0.15) is 46.1 Å². The van der Waals surface area contributed by atoms with Gasteiger partial charge in [-0.05, 0) is 76.7 Å². The van der Waals surface area contributed by atoms with Crippen LogP contribution in [0.15, 0.2) is 21.1 Å². The van der Waals surface area contributed by atoms with Gasteiger partial charge in [0.05, 0.1) is 15.6 Å². The number of unbranched alkanes of at least 4 members (excludes halogenated alkanes) is 1. The van der Waals surface area contributed by atoms with Crippen molar-refractivity contribution in [3.63, 3.8) is 0 Å². The third kappa shape index (κ3) is 6.28. The highest BCUT2D eigenvalue weighted by atomic mass is 79.9. The molecule has 2 nitrogen and oxygen atoms in total. The fourth-order valence-electron chi connectivity index (χ4n) is 1.54. The van der Waals surface area contributed by atoms with Crippen molar-refractivity contribution >= 4 is 31.9 Å². The number of benzene rings is 1. The second kappa shape index (κ2) is 7.65. The van der Waals surface area contributed by atoms with E-state index in [1.807, 2.05) is 0 Å². The molecule has 1 rings (SSSR count). The van der Waals surface area contributed by atoms with Crippen LogP contribution in [-0.2, 0) is 6.54 Å². The molecule has 4 heteroatoms. The molecule has 0 heterocycles. The zero-order chi connectivity index (χ0) is 14.5. The molecule has 0 fully saturated rings. The lowest BCUT2D eigenvalue weighted by molar-refractivity contribution is 0.305. The fourth-order valence-corrected chi connectivity index (χ4v) is 3.05. The van der Waals surface area contributed by atoms with Crippen molar-refractivity contribution < 1.29 is 4.74 Å². The Morgan fingerprint density at radius 3 is 2.21 bits per heavy atom. The van der Waals surface area contributed by atoms with E-state index in [2.05, 4.69) is 77.0 Å². The first-order valence-corrected chi connectivity index (χ1v) is 8.28. The molecule has 0 spiro atoms. The molecular weight excluding hydrogens is 370 g/mol.